The zero-order valence-electron chi connectivity index (χ0n) is 25.0. The second-order valence-electron chi connectivity index (χ2n) is 13.4. The van der Waals surface area contributed by atoms with Crippen LogP contribution in [0.1, 0.15) is 68.6 Å². The quantitative estimate of drug-likeness (QED) is 0.317. The monoisotopic (exact) mass is 580 g/mol. The number of allylic oxidation sites excluding steroid dienone is 1. The van der Waals surface area contributed by atoms with Crippen molar-refractivity contribution in [1.82, 2.24) is 0 Å². The number of nitrogens with one attached hydrogen (secondary N) is 1. The van der Waals surface area contributed by atoms with Crippen LogP contribution in [0, 0.1) is 17.3 Å². The number of amides is 1. The predicted molar refractivity (Wildman–Crippen MR) is 169 cm³/mol. The number of carbonyl (C=O) groups excluding carboxylic acids is 3. The summed E-state index contributed by atoms with van der Waals surface area (Å²) in [7, 11) is 0. The maximum atomic E-state index is 14.9. The smallest absolute Gasteiger partial charge is 0.238 e. The molecule has 0 radical (unpaired) electrons. The highest BCUT2D eigenvalue weighted by molar-refractivity contribution is 6.31. The van der Waals surface area contributed by atoms with E-state index in [2.05, 4.69) is 25.2 Å². The third-order valence-corrected chi connectivity index (χ3v) is 9.35. The minimum atomic E-state index is -1.31. The summed E-state index contributed by atoms with van der Waals surface area (Å²) in [6.45, 7) is 12.0. The number of benzene rings is 3. The average Bonchev–Trinajstić information content (AvgIpc) is 3.40. The van der Waals surface area contributed by atoms with Gasteiger partial charge in [-0.1, -0.05) is 94.8 Å². The Kier molecular flexibility index (Phi) is 6.73. The van der Waals surface area contributed by atoms with E-state index in [0.717, 1.165) is 34.4 Å². The Labute approximate surface area is 253 Å². The number of anilines is 2. The number of ketones is 2. The summed E-state index contributed by atoms with van der Waals surface area (Å²) in [6, 6.07) is 19.5. The third kappa shape index (κ3) is 4.16. The van der Waals surface area contributed by atoms with Crippen molar-refractivity contribution in [1.29, 1.82) is 0 Å². The fraction of sp³-hybridized carbons (Fsp3) is 0.361. The third-order valence-electron chi connectivity index (χ3n) is 9.11. The Bertz CT molecular complexity index is 1650. The van der Waals surface area contributed by atoms with Crippen molar-refractivity contribution in [2.24, 2.45) is 17.3 Å². The van der Waals surface area contributed by atoms with E-state index in [-0.39, 0.29) is 17.5 Å². The first kappa shape index (κ1) is 28.4. The minimum absolute atomic E-state index is 0.0785. The number of nitrogens with zero attached hydrogens (tertiary/aromatic N) is 1. The lowest BCUT2D eigenvalue weighted by atomic mass is 9.63. The summed E-state index contributed by atoms with van der Waals surface area (Å²) in [6.07, 6.45) is 2.96. The second-order valence-corrected chi connectivity index (χ2v) is 13.9. The number of rotatable bonds is 5. The largest absolute Gasteiger partial charge is 0.352 e. The first-order chi connectivity index (χ1) is 19.9. The van der Waals surface area contributed by atoms with Crippen molar-refractivity contribution in [3.05, 3.63) is 100 Å². The van der Waals surface area contributed by atoms with E-state index in [1.807, 2.05) is 99.3 Å². The number of hydrogen-bond acceptors (Lipinski definition) is 4. The minimum Gasteiger partial charge on any atom is -0.352 e. The van der Waals surface area contributed by atoms with Crippen LogP contribution in [0.25, 0.3) is 5.57 Å². The average molecular weight is 581 g/mol. The van der Waals surface area contributed by atoms with Gasteiger partial charge in [-0.2, -0.15) is 0 Å². The lowest BCUT2D eigenvalue weighted by Crippen LogP contribution is -2.51. The topological polar surface area (TPSA) is 66.5 Å². The number of fused-ring (bicyclic) bond motifs is 6. The van der Waals surface area contributed by atoms with Gasteiger partial charge in [-0.15, -0.1) is 0 Å². The molecule has 3 aliphatic rings. The zero-order valence-corrected chi connectivity index (χ0v) is 25.8. The molecule has 3 aliphatic heterocycles. The van der Waals surface area contributed by atoms with Gasteiger partial charge in [-0.05, 0) is 60.2 Å². The molecule has 1 amide bonds. The van der Waals surface area contributed by atoms with Gasteiger partial charge in [0, 0.05) is 32.9 Å². The number of carbonyl (C=O) groups is 3. The highest BCUT2D eigenvalue weighted by atomic mass is 35.5. The summed E-state index contributed by atoms with van der Waals surface area (Å²) in [4.78, 5) is 46.0. The van der Waals surface area contributed by atoms with Gasteiger partial charge >= 0.3 is 0 Å². The van der Waals surface area contributed by atoms with Crippen LogP contribution >= 0.6 is 11.6 Å². The standard InChI is InChI=1S/C36H37ClN2O3/c1-20(2)17-22-11-13-23(14-12-22)32(40)30-31(33(41)35(4,5)6)39-28-16-15-24(37)19-25(28)21(3)18-29(39)36(30)26-9-7-8-10-27(26)38-34(36)42/h7-16,18-20,29-31H,17H2,1-6H3,(H,38,42). The van der Waals surface area contributed by atoms with Crippen LogP contribution in [0.5, 0.6) is 0 Å². The molecular formula is C36H37ClN2O3. The van der Waals surface area contributed by atoms with Crippen molar-refractivity contribution in [2.45, 2.75) is 65.5 Å². The molecule has 3 aromatic rings. The molecule has 42 heavy (non-hydrogen) atoms. The van der Waals surface area contributed by atoms with Crippen LogP contribution in [-0.2, 0) is 21.4 Å². The van der Waals surface area contributed by atoms with Crippen molar-refractivity contribution in [2.75, 3.05) is 10.2 Å². The lowest BCUT2D eigenvalue weighted by molar-refractivity contribution is -0.128. The van der Waals surface area contributed by atoms with E-state index in [9.17, 15) is 14.4 Å². The van der Waals surface area contributed by atoms with Gasteiger partial charge in [0.1, 0.15) is 11.5 Å². The summed E-state index contributed by atoms with van der Waals surface area (Å²) in [5.41, 5.74) is 3.69. The van der Waals surface area contributed by atoms with Crippen molar-refractivity contribution >= 4 is 46.0 Å². The molecule has 1 saturated heterocycles. The van der Waals surface area contributed by atoms with Gasteiger partial charge in [0.2, 0.25) is 5.91 Å². The molecule has 1 N–H and O–H groups in total. The Morgan fingerprint density at radius 3 is 2.38 bits per heavy atom. The van der Waals surface area contributed by atoms with E-state index in [1.54, 1.807) is 0 Å². The molecule has 0 aromatic heterocycles. The highest BCUT2D eigenvalue weighted by Gasteiger charge is 2.71. The normalized spacial score (nSPS) is 24.3. The van der Waals surface area contributed by atoms with E-state index < -0.39 is 28.8 Å². The summed E-state index contributed by atoms with van der Waals surface area (Å²) >= 11 is 6.44. The molecule has 216 valence electrons. The van der Waals surface area contributed by atoms with Crippen molar-refractivity contribution in [3.63, 3.8) is 0 Å². The molecule has 3 heterocycles. The maximum Gasteiger partial charge on any atom is 0.238 e. The second kappa shape index (κ2) is 9.95. The molecule has 1 spiro atoms. The van der Waals surface area contributed by atoms with Crippen LogP contribution < -0.4 is 10.2 Å². The van der Waals surface area contributed by atoms with Gasteiger partial charge in [0.25, 0.3) is 0 Å². The molecule has 3 aromatic carbocycles. The molecule has 0 saturated carbocycles. The van der Waals surface area contributed by atoms with Gasteiger partial charge in [0.15, 0.2) is 11.6 Å². The summed E-state index contributed by atoms with van der Waals surface area (Å²) < 4.78 is 0. The number of hydrogen-bond donors (Lipinski definition) is 1. The van der Waals surface area contributed by atoms with Crippen LogP contribution in [-0.4, -0.2) is 29.6 Å². The molecule has 1 fully saturated rings. The van der Waals surface area contributed by atoms with Crippen molar-refractivity contribution < 1.29 is 14.4 Å². The van der Waals surface area contributed by atoms with E-state index in [0.29, 0.717) is 22.2 Å². The molecular weight excluding hydrogens is 544 g/mol. The van der Waals surface area contributed by atoms with Crippen LogP contribution in [0.4, 0.5) is 11.4 Å². The van der Waals surface area contributed by atoms with Gasteiger partial charge in [-0.25, -0.2) is 0 Å². The first-order valence-electron chi connectivity index (χ1n) is 14.7. The lowest BCUT2D eigenvalue weighted by Gasteiger charge is -2.40. The van der Waals surface area contributed by atoms with E-state index >= 15 is 0 Å². The molecule has 4 atom stereocenters. The fourth-order valence-corrected chi connectivity index (χ4v) is 7.48. The van der Waals surface area contributed by atoms with Crippen LogP contribution in [0.15, 0.2) is 72.8 Å². The summed E-state index contributed by atoms with van der Waals surface area (Å²) in [5, 5.41) is 3.69. The molecule has 6 heteroatoms. The van der Waals surface area contributed by atoms with Gasteiger partial charge < -0.3 is 10.2 Å². The van der Waals surface area contributed by atoms with Gasteiger partial charge in [-0.3, -0.25) is 14.4 Å². The molecule has 0 bridgehead atoms. The number of Topliss-reactive ketones (excluding diaryl/α,β-unsaturated/α-hetero) is 2. The first-order valence-corrected chi connectivity index (χ1v) is 15.1. The SMILES string of the molecule is CC1=CC2N(c3ccc(Cl)cc31)C(C(=O)C(C)(C)C)C(C(=O)c1ccc(CC(C)C)cc1)C21C(=O)Nc2ccccc21. The predicted octanol–water partition coefficient (Wildman–Crippen LogP) is 7.52. The van der Waals surface area contributed by atoms with Crippen molar-refractivity contribution in [3.8, 4) is 0 Å². The Morgan fingerprint density at radius 2 is 1.71 bits per heavy atom. The number of para-hydroxylation sites is 1. The van der Waals surface area contributed by atoms with Crippen LogP contribution in [0.2, 0.25) is 5.02 Å². The zero-order chi connectivity index (χ0) is 30.1. The van der Waals surface area contributed by atoms with Gasteiger partial charge in [0.05, 0.1) is 12.0 Å². The Hall–Kier alpha value is -3.70. The van der Waals surface area contributed by atoms with E-state index in [1.165, 1.54) is 0 Å². The van der Waals surface area contributed by atoms with Crippen LogP contribution in [0.3, 0.4) is 0 Å². The fourth-order valence-electron chi connectivity index (χ4n) is 7.30. The Balaban J connectivity index is 1.64. The molecule has 0 aliphatic carbocycles. The molecule has 6 rings (SSSR count). The maximum absolute atomic E-state index is 14.9. The highest BCUT2D eigenvalue weighted by Crippen LogP contribution is 2.59. The number of halogens is 1. The van der Waals surface area contributed by atoms with E-state index in [4.69, 9.17) is 11.6 Å². The Morgan fingerprint density at radius 1 is 1.02 bits per heavy atom. The summed E-state index contributed by atoms with van der Waals surface area (Å²) in [5.74, 6) is -1.00. The molecule has 4 unspecified atom stereocenters. The molecule has 5 nitrogen and oxygen atoms in total.